The summed E-state index contributed by atoms with van der Waals surface area (Å²) in [7, 11) is 0. The molecule has 1 aromatic carbocycles. The van der Waals surface area contributed by atoms with Crippen molar-refractivity contribution in [2.75, 3.05) is 0 Å². The first kappa shape index (κ1) is 20.0. The minimum atomic E-state index is -4.03. The van der Waals surface area contributed by atoms with Gasteiger partial charge in [-0.05, 0) is 17.7 Å². The average Bonchev–Trinajstić information content (AvgIpc) is 3.05. The van der Waals surface area contributed by atoms with Crippen LogP contribution in [0.5, 0.6) is 0 Å². The van der Waals surface area contributed by atoms with Gasteiger partial charge >= 0.3 is 0 Å². The SMILES string of the molecule is Cc1nc(C(=O)Cc2ccc(F)c([C@@]3(C(F)F)N=C(N)CCC3(F)F)c2)co1. The lowest BCUT2D eigenvalue weighted by Crippen LogP contribution is -2.54. The lowest BCUT2D eigenvalue weighted by atomic mass is 9.79. The Morgan fingerprint density at radius 1 is 1.36 bits per heavy atom. The summed E-state index contributed by atoms with van der Waals surface area (Å²) in [6.45, 7) is 1.52. The zero-order valence-corrected chi connectivity index (χ0v) is 14.7. The summed E-state index contributed by atoms with van der Waals surface area (Å²) >= 11 is 0. The molecule has 0 fully saturated rings. The second-order valence-electron chi connectivity index (χ2n) is 6.54. The van der Waals surface area contributed by atoms with E-state index in [1.54, 1.807) is 0 Å². The topological polar surface area (TPSA) is 81.5 Å². The van der Waals surface area contributed by atoms with Crippen LogP contribution in [0.1, 0.15) is 40.3 Å². The third kappa shape index (κ3) is 3.27. The number of aryl methyl sites for hydroxylation is 1. The van der Waals surface area contributed by atoms with Crippen molar-refractivity contribution in [3.05, 3.63) is 53.0 Å². The van der Waals surface area contributed by atoms with Gasteiger partial charge in [0.2, 0.25) is 5.54 Å². The second kappa shape index (κ2) is 6.99. The summed E-state index contributed by atoms with van der Waals surface area (Å²) in [5, 5.41) is 0. The number of ketones is 1. The number of hydrogen-bond acceptors (Lipinski definition) is 5. The Hall–Kier alpha value is -2.78. The van der Waals surface area contributed by atoms with E-state index in [1.165, 1.54) is 6.92 Å². The van der Waals surface area contributed by atoms with E-state index < -0.39 is 47.3 Å². The number of carbonyl (C=O) groups is 1. The maximum absolute atomic E-state index is 14.6. The number of hydrogen-bond donors (Lipinski definition) is 1. The van der Waals surface area contributed by atoms with Crippen LogP contribution < -0.4 is 5.73 Å². The Morgan fingerprint density at radius 3 is 2.68 bits per heavy atom. The van der Waals surface area contributed by atoms with E-state index in [1.807, 2.05) is 0 Å². The molecule has 10 heteroatoms. The number of amidine groups is 1. The molecule has 2 heterocycles. The number of aliphatic imine (C=N–C) groups is 1. The van der Waals surface area contributed by atoms with Crippen LogP contribution in [0, 0.1) is 12.7 Å². The minimum Gasteiger partial charge on any atom is -0.449 e. The molecule has 0 aliphatic carbocycles. The van der Waals surface area contributed by atoms with E-state index in [9.17, 15) is 26.7 Å². The largest absolute Gasteiger partial charge is 0.449 e. The van der Waals surface area contributed by atoms with Gasteiger partial charge in [0.05, 0.1) is 5.84 Å². The van der Waals surface area contributed by atoms with Gasteiger partial charge < -0.3 is 10.2 Å². The summed E-state index contributed by atoms with van der Waals surface area (Å²) in [6, 6.07) is 2.71. The van der Waals surface area contributed by atoms with Crippen LogP contribution in [0.25, 0.3) is 0 Å². The van der Waals surface area contributed by atoms with Gasteiger partial charge in [-0.1, -0.05) is 6.07 Å². The monoisotopic (exact) mass is 401 g/mol. The number of aromatic nitrogens is 1. The van der Waals surface area contributed by atoms with Crippen LogP contribution in [0.3, 0.4) is 0 Å². The van der Waals surface area contributed by atoms with Crippen molar-refractivity contribution < 1.29 is 31.2 Å². The van der Waals surface area contributed by atoms with Crippen molar-refractivity contribution in [3.8, 4) is 0 Å². The third-order valence-electron chi connectivity index (χ3n) is 4.60. The van der Waals surface area contributed by atoms with Crippen LogP contribution in [-0.4, -0.2) is 29.0 Å². The molecule has 2 aromatic rings. The summed E-state index contributed by atoms with van der Waals surface area (Å²) in [6.07, 6.45) is -4.35. The normalized spacial score (nSPS) is 21.6. The Morgan fingerprint density at radius 2 is 2.07 bits per heavy atom. The molecule has 3 rings (SSSR count). The van der Waals surface area contributed by atoms with Crippen molar-refractivity contribution in [2.45, 2.75) is 44.1 Å². The van der Waals surface area contributed by atoms with E-state index in [0.29, 0.717) is 0 Å². The summed E-state index contributed by atoms with van der Waals surface area (Å²) < 4.78 is 76.2. The molecule has 0 amide bonds. The average molecular weight is 401 g/mol. The molecular weight excluding hydrogens is 385 g/mol. The number of carbonyl (C=O) groups excluding carboxylic acids is 1. The van der Waals surface area contributed by atoms with Gasteiger partial charge in [0.1, 0.15) is 17.8 Å². The van der Waals surface area contributed by atoms with E-state index in [4.69, 9.17) is 10.2 Å². The van der Waals surface area contributed by atoms with E-state index >= 15 is 0 Å². The maximum Gasteiger partial charge on any atom is 0.283 e. The Kier molecular flexibility index (Phi) is 4.99. The Balaban J connectivity index is 2.07. The fraction of sp³-hybridized carbons (Fsp3) is 0.389. The number of Topliss-reactive ketones (excluding diaryl/α,β-unsaturated/α-hetero) is 1. The second-order valence-corrected chi connectivity index (χ2v) is 6.54. The molecule has 1 aliphatic heterocycles. The fourth-order valence-corrected chi connectivity index (χ4v) is 3.16. The van der Waals surface area contributed by atoms with Gasteiger partial charge in [-0.3, -0.25) is 4.79 Å². The molecule has 0 spiro atoms. The van der Waals surface area contributed by atoms with E-state index in [-0.39, 0.29) is 30.0 Å². The number of nitrogens with two attached hydrogens (primary N) is 1. The van der Waals surface area contributed by atoms with Gasteiger partial charge in [0.15, 0.2) is 11.7 Å². The highest BCUT2D eigenvalue weighted by Crippen LogP contribution is 2.51. The molecule has 1 aromatic heterocycles. The standard InChI is InChI=1S/C18H16F5N3O2/c1-9-25-13(8-28-9)14(27)7-10-2-3-12(19)11(6-10)18(16(20)21)17(22,23)5-4-15(24)26-18/h2-3,6,8,16H,4-5,7H2,1H3,(H2,24,26)/t18-/m0/s1. The van der Waals surface area contributed by atoms with Gasteiger partial charge in [-0.25, -0.2) is 31.9 Å². The molecule has 0 unspecified atom stereocenters. The molecule has 5 nitrogen and oxygen atoms in total. The molecule has 0 saturated carbocycles. The molecule has 1 aliphatic rings. The summed E-state index contributed by atoms with van der Waals surface area (Å²) in [5.74, 6) is -6.03. The molecule has 1 atom stereocenters. The zero-order chi connectivity index (χ0) is 20.7. The molecule has 0 radical (unpaired) electrons. The number of rotatable bonds is 5. The molecule has 2 N–H and O–H groups in total. The third-order valence-corrected chi connectivity index (χ3v) is 4.60. The number of halogens is 5. The van der Waals surface area contributed by atoms with Crippen LogP contribution >= 0.6 is 0 Å². The van der Waals surface area contributed by atoms with E-state index in [0.717, 1.165) is 24.5 Å². The van der Waals surface area contributed by atoms with Gasteiger partial charge in [-0.2, -0.15) is 0 Å². The number of oxazole rings is 1. The van der Waals surface area contributed by atoms with Crippen LogP contribution in [0.15, 0.2) is 33.9 Å². The van der Waals surface area contributed by atoms with Crippen molar-refractivity contribution in [1.29, 1.82) is 0 Å². The maximum atomic E-state index is 14.6. The van der Waals surface area contributed by atoms with E-state index in [2.05, 4.69) is 9.98 Å². The first-order valence-electron chi connectivity index (χ1n) is 8.31. The van der Waals surface area contributed by atoms with Crippen LogP contribution in [-0.2, 0) is 12.0 Å². The zero-order valence-electron chi connectivity index (χ0n) is 14.7. The van der Waals surface area contributed by atoms with Crippen molar-refractivity contribution in [1.82, 2.24) is 4.98 Å². The fourth-order valence-electron chi connectivity index (χ4n) is 3.16. The van der Waals surface area contributed by atoms with Gasteiger partial charge in [0, 0.05) is 31.7 Å². The Bertz CT molecular complexity index is 941. The van der Waals surface area contributed by atoms with Crippen molar-refractivity contribution in [2.24, 2.45) is 10.7 Å². The van der Waals surface area contributed by atoms with Crippen LogP contribution in [0.4, 0.5) is 22.0 Å². The summed E-state index contributed by atoms with van der Waals surface area (Å²) in [5.41, 5.74) is 1.02. The molecule has 150 valence electrons. The Labute approximate surface area is 156 Å². The van der Waals surface area contributed by atoms with Crippen molar-refractivity contribution >= 4 is 11.6 Å². The molecule has 28 heavy (non-hydrogen) atoms. The number of benzene rings is 1. The van der Waals surface area contributed by atoms with Crippen LogP contribution in [0.2, 0.25) is 0 Å². The van der Waals surface area contributed by atoms with Gasteiger partial charge in [-0.15, -0.1) is 0 Å². The smallest absolute Gasteiger partial charge is 0.283 e. The minimum absolute atomic E-state index is 0.0165. The first-order chi connectivity index (χ1) is 13.1. The highest BCUT2D eigenvalue weighted by molar-refractivity contribution is 5.95. The first-order valence-corrected chi connectivity index (χ1v) is 8.31. The number of nitrogens with zero attached hydrogens (tertiary/aromatic N) is 2. The molecular formula is C18H16F5N3O2. The lowest BCUT2D eigenvalue weighted by Gasteiger charge is -2.40. The lowest BCUT2D eigenvalue weighted by molar-refractivity contribution is -0.145. The molecule has 0 saturated heterocycles. The quantitative estimate of drug-likeness (QED) is 0.611. The van der Waals surface area contributed by atoms with Gasteiger partial charge in [0.25, 0.3) is 12.3 Å². The highest BCUT2D eigenvalue weighted by atomic mass is 19.3. The predicted molar refractivity (Wildman–Crippen MR) is 89.2 cm³/mol. The van der Waals surface area contributed by atoms with Crippen molar-refractivity contribution in [3.63, 3.8) is 0 Å². The number of alkyl halides is 4. The molecule has 0 bridgehead atoms. The highest BCUT2D eigenvalue weighted by Gasteiger charge is 2.63. The summed E-state index contributed by atoms with van der Waals surface area (Å²) in [4.78, 5) is 19.4. The predicted octanol–water partition coefficient (Wildman–Crippen LogP) is 3.79.